The van der Waals surface area contributed by atoms with E-state index in [2.05, 4.69) is 9.97 Å². The van der Waals surface area contributed by atoms with Crippen molar-refractivity contribution in [2.24, 2.45) is 0 Å². The maximum absolute atomic E-state index is 11.8. The van der Waals surface area contributed by atoms with Gasteiger partial charge in [-0.25, -0.2) is 13.4 Å². The zero-order valence-corrected chi connectivity index (χ0v) is 10.8. The van der Waals surface area contributed by atoms with Crippen LogP contribution in [0.25, 0.3) is 6.08 Å². The highest BCUT2D eigenvalue weighted by Gasteiger charge is 2.14. The van der Waals surface area contributed by atoms with Crippen molar-refractivity contribution in [1.29, 1.82) is 0 Å². The molecule has 0 atom stereocenters. The van der Waals surface area contributed by atoms with Crippen LogP contribution in [0.3, 0.4) is 0 Å². The zero-order chi connectivity index (χ0) is 13.0. The number of sulfone groups is 1. The van der Waals surface area contributed by atoms with Gasteiger partial charge in [0.15, 0.2) is 0 Å². The third-order valence-corrected chi connectivity index (χ3v) is 3.91. The minimum absolute atomic E-state index is 0.0102. The van der Waals surface area contributed by atoms with E-state index in [0.29, 0.717) is 0 Å². The Bertz CT molecular complexity index is 626. The van der Waals surface area contributed by atoms with Gasteiger partial charge in [-0.2, -0.15) is 0 Å². The van der Waals surface area contributed by atoms with Crippen LogP contribution in [0.15, 0.2) is 47.9 Å². The van der Waals surface area contributed by atoms with Crippen LogP contribution >= 0.6 is 0 Å². The van der Waals surface area contributed by atoms with Crippen molar-refractivity contribution in [2.75, 3.05) is 5.75 Å². The van der Waals surface area contributed by atoms with E-state index in [-0.39, 0.29) is 10.9 Å². The Labute approximate surface area is 106 Å². The van der Waals surface area contributed by atoms with Gasteiger partial charge in [-0.1, -0.05) is 42.0 Å². The molecule has 1 N–H and O–H groups in total. The molecule has 0 spiro atoms. The molecular weight excluding hydrogens is 248 g/mol. The SMILES string of the molecule is Cc1ccc(C=CCS(=O)(=O)c2ncc[nH]2)cc1. The third-order valence-electron chi connectivity index (χ3n) is 2.47. The first-order valence-corrected chi connectivity index (χ1v) is 7.18. The first kappa shape index (κ1) is 12.6. The molecule has 2 aromatic rings. The van der Waals surface area contributed by atoms with Gasteiger partial charge in [0, 0.05) is 12.4 Å². The van der Waals surface area contributed by atoms with E-state index in [1.165, 1.54) is 18.0 Å². The number of aromatic amines is 1. The number of aromatic nitrogens is 2. The Hall–Kier alpha value is -1.88. The first-order valence-electron chi connectivity index (χ1n) is 5.53. The lowest BCUT2D eigenvalue weighted by atomic mass is 10.1. The fraction of sp³-hybridized carbons (Fsp3) is 0.154. The van der Waals surface area contributed by atoms with E-state index in [9.17, 15) is 8.42 Å². The lowest BCUT2D eigenvalue weighted by Crippen LogP contribution is -2.06. The molecule has 18 heavy (non-hydrogen) atoms. The van der Waals surface area contributed by atoms with Gasteiger partial charge in [0.25, 0.3) is 0 Å². The number of imidazole rings is 1. The number of H-pyrrole nitrogens is 1. The van der Waals surface area contributed by atoms with Crippen molar-refractivity contribution in [3.8, 4) is 0 Å². The molecule has 94 valence electrons. The van der Waals surface area contributed by atoms with E-state index >= 15 is 0 Å². The van der Waals surface area contributed by atoms with E-state index in [0.717, 1.165) is 5.56 Å². The molecule has 0 saturated carbocycles. The fourth-order valence-electron chi connectivity index (χ4n) is 1.49. The molecule has 0 aliphatic heterocycles. The summed E-state index contributed by atoms with van der Waals surface area (Å²) in [6.45, 7) is 2.01. The molecule has 1 aromatic heterocycles. The second-order valence-electron chi connectivity index (χ2n) is 3.99. The van der Waals surface area contributed by atoms with Crippen LogP contribution in [0.2, 0.25) is 0 Å². The Kier molecular flexibility index (Phi) is 3.62. The van der Waals surface area contributed by atoms with Gasteiger partial charge in [0.2, 0.25) is 15.0 Å². The largest absolute Gasteiger partial charge is 0.336 e. The third kappa shape index (κ3) is 3.07. The fourth-order valence-corrected chi connectivity index (χ4v) is 2.46. The lowest BCUT2D eigenvalue weighted by molar-refractivity contribution is 0.592. The predicted molar refractivity (Wildman–Crippen MR) is 70.9 cm³/mol. The van der Waals surface area contributed by atoms with Crippen LogP contribution in [0.1, 0.15) is 11.1 Å². The molecule has 0 fully saturated rings. The summed E-state index contributed by atoms with van der Waals surface area (Å²) in [6.07, 6.45) is 6.34. The monoisotopic (exact) mass is 262 g/mol. The molecule has 4 nitrogen and oxygen atoms in total. The molecule has 0 saturated heterocycles. The van der Waals surface area contributed by atoms with Crippen LogP contribution in [-0.2, 0) is 9.84 Å². The molecule has 0 aliphatic carbocycles. The Morgan fingerprint density at radius 1 is 1.28 bits per heavy atom. The number of benzene rings is 1. The molecular formula is C13H14N2O2S. The lowest BCUT2D eigenvalue weighted by Gasteiger charge is -1.97. The second-order valence-corrected chi connectivity index (χ2v) is 5.94. The predicted octanol–water partition coefficient (Wildman–Crippen LogP) is 2.21. The summed E-state index contributed by atoms with van der Waals surface area (Å²) in [4.78, 5) is 6.35. The van der Waals surface area contributed by atoms with Crippen molar-refractivity contribution in [3.63, 3.8) is 0 Å². The first-order chi connectivity index (χ1) is 8.58. The molecule has 0 unspecified atom stereocenters. The summed E-state index contributed by atoms with van der Waals surface area (Å²) in [5.41, 5.74) is 2.16. The molecule has 0 bridgehead atoms. The van der Waals surface area contributed by atoms with Crippen molar-refractivity contribution < 1.29 is 8.42 Å². The molecule has 5 heteroatoms. The number of hydrogen-bond acceptors (Lipinski definition) is 3. The molecule has 1 aromatic carbocycles. The number of rotatable bonds is 4. The summed E-state index contributed by atoms with van der Waals surface area (Å²) < 4.78 is 23.6. The quantitative estimate of drug-likeness (QED) is 0.918. The summed E-state index contributed by atoms with van der Waals surface area (Å²) in [5, 5.41) is 0.0102. The van der Waals surface area contributed by atoms with Crippen LogP contribution in [0, 0.1) is 6.92 Å². The van der Waals surface area contributed by atoms with Crippen molar-refractivity contribution in [2.45, 2.75) is 12.1 Å². The van der Waals surface area contributed by atoms with Gasteiger partial charge in [0.1, 0.15) is 0 Å². The minimum atomic E-state index is -3.35. The maximum atomic E-state index is 11.8. The normalized spacial score (nSPS) is 12.1. The van der Waals surface area contributed by atoms with Crippen LogP contribution in [0.4, 0.5) is 0 Å². The molecule has 1 heterocycles. The van der Waals surface area contributed by atoms with Gasteiger partial charge >= 0.3 is 0 Å². The molecule has 2 rings (SSSR count). The highest BCUT2D eigenvalue weighted by Crippen LogP contribution is 2.07. The summed E-state index contributed by atoms with van der Waals surface area (Å²) >= 11 is 0. The Morgan fingerprint density at radius 3 is 2.61 bits per heavy atom. The van der Waals surface area contributed by atoms with Crippen molar-refractivity contribution in [1.82, 2.24) is 9.97 Å². The van der Waals surface area contributed by atoms with Gasteiger partial charge in [0.05, 0.1) is 5.75 Å². The summed E-state index contributed by atoms with van der Waals surface area (Å²) in [6, 6.07) is 7.87. The smallest absolute Gasteiger partial charge is 0.225 e. The Balaban J connectivity index is 2.06. The Morgan fingerprint density at radius 2 is 2.00 bits per heavy atom. The number of nitrogens with zero attached hydrogens (tertiary/aromatic N) is 1. The van der Waals surface area contributed by atoms with Crippen LogP contribution in [0.5, 0.6) is 0 Å². The van der Waals surface area contributed by atoms with Crippen LogP contribution < -0.4 is 0 Å². The van der Waals surface area contributed by atoms with Gasteiger partial charge in [-0.15, -0.1) is 0 Å². The van der Waals surface area contributed by atoms with E-state index in [1.807, 2.05) is 31.2 Å². The van der Waals surface area contributed by atoms with Crippen molar-refractivity contribution >= 4 is 15.9 Å². The van der Waals surface area contributed by atoms with E-state index < -0.39 is 9.84 Å². The highest BCUT2D eigenvalue weighted by molar-refractivity contribution is 7.91. The molecule has 0 amide bonds. The number of hydrogen-bond donors (Lipinski definition) is 1. The second kappa shape index (κ2) is 5.18. The van der Waals surface area contributed by atoms with Gasteiger partial charge in [-0.05, 0) is 12.5 Å². The number of nitrogens with one attached hydrogen (secondary N) is 1. The average Bonchev–Trinajstić information content (AvgIpc) is 2.86. The minimum Gasteiger partial charge on any atom is -0.336 e. The average molecular weight is 262 g/mol. The van der Waals surface area contributed by atoms with Gasteiger partial charge in [-0.3, -0.25) is 0 Å². The van der Waals surface area contributed by atoms with Gasteiger partial charge < -0.3 is 4.98 Å². The number of aryl methyl sites for hydroxylation is 1. The zero-order valence-electron chi connectivity index (χ0n) is 10.00. The topological polar surface area (TPSA) is 62.8 Å². The summed E-state index contributed by atoms with van der Waals surface area (Å²) in [7, 11) is -3.35. The van der Waals surface area contributed by atoms with Crippen molar-refractivity contribution in [3.05, 3.63) is 53.9 Å². The highest BCUT2D eigenvalue weighted by atomic mass is 32.2. The molecule has 0 aliphatic rings. The maximum Gasteiger partial charge on any atom is 0.225 e. The molecule has 0 radical (unpaired) electrons. The standard InChI is InChI=1S/C13H14N2O2S/c1-11-4-6-12(7-5-11)3-2-10-18(16,17)13-14-8-9-15-13/h2-9H,10H2,1H3,(H,14,15). The van der Waals surface area contributed by atoms with Crippen LogP contribution in [-0.4, -0.2) is 24.1 Å². The van der Waals surface area contributed by atoms with E-state index in [4.69, 9.17) is 0 Å². The summed E-state index contributed by atoms with van der Waals surface area (Å²) in [5.74, 6) is -0.0611. The van der Waals surface area contributed by atoms with E-state index in [1.54, 1.807) is 12.2 Å².